The molecule has 1 saturated heterocycles. The van der Waals surface area contributed by atoms with E-state index >= 15 is 0 Å². The molecule has 39 heavy (non-hydrogen) atoms. The third kappa shape index (κ3) is 8.12. The normalized spacial score (nSPS) is 21.1. The summed E-state index contributed by atoms with van der Waals surface area (Å²) in [5.41, 5.74) is -3.50. The van der Waals surface area contributed by atoms with E-state index in [9.17, 15) is 39.6 Å². The molecular weight excluding hydrogens is 599 g/mol. The highest BCUT2D eigenvalue weighted by molar-refractivity contribution is 7.85. The molecule has 2 aliphatic rings. The number of carbonyl (C=O) groups excluding carboxylic acids is 1. The second-order valence-corrected chi connectivity index (χ2v) is 11.2. The molecule has 1 aliphatic carbocycles. The fourth-order valence-corrected chi connectivity index (χ4v) is 4.66. The molecule has 1 aromatic carbocycles. The van der Waals surface area contributed by atoms with E-state index in [1.165, 1.54) is 18.2 Å². The van der Waals surface area contributed by atoms with Crippen LogP contribution in [-0.4, -0.2) is 64.1 Å². The number of hydrogen-bond acceptors (Lipinski definition) is 5. The predicted molar refractivity (Wildman–Crippen MR) is 131 cm³/mol. The van der Waals surface area contributed by atoms with Crippen LogP contribution in [0.2, 0.25) is 10.0 Å². The third-order valence-corrected chi connectivity index (χ3v) is 7.14. The topological polar surface area (TPSA) is 72.9 Å². The Kier molecular flexibility index (Phi) is 9.36. The number of alkyl halides is 6. The zero-order valence-corrected chi connectivity index (χ0v) is 22.5. The maximum atomic E-state index is 13.5. The minimum Gasteiger partial charge on any atom is -0.368 e. The number of halogens is 8. The SMILES string of the molecule is CS(=O)(=O)OCC[C@@]1(c2ccc(Cl)c(Cl)c2)CN(C(=O)C2=CC(C(F)(F)F)=C=CC(C(F)(F)F)=C2)CCCO1. The van der Waals surface area contributed by atoms with Crippen molar-refractivity contribution in [3.8, 4) is 0 Å². The van der Waals surface area contributed by atoms with Crippen molar-refractivity contribution < 1.29 is 48.5 Å². The average Bonchev–Trinajstić information content (AvgIpc) is 3.17. The molecule has 0 aromatic heterocycles. The molecule has 1 amide bonds. The van der Waals surface area contributed by atoms with Gasteiger partial charge in [-0.2, -0.15) is 34.8 Å². The zero-order valence-electron chi connectivity index (χ0n) is 20.1. The average molecular weight is 620 g/mol. The predicted octanol–water partition coefficient (Wildman–Crippen LogP) is 5.88. The van der Waals surface area contributed by atoms with Gasteiger partial charge in [0.25, 0.3) is 16.0 Å². The van der Waals surface area contributed by atoms with Gasteiger partial charge in [0.1, 0.15) is 5.60 Å². The molecule has 1 atom stereocenters. The van der Waals surface area contributed by atoms with Crippen LogP contribution in [-0.2, 0) is 29.4 Å². The lowest BCUT2D eigenvalue weighted by molar-refractivity contribution is -0.131. The van der Waals surface area contributed by atoms with E-state index in [4.69, 9.17) is 32.1 Å². The minimum atomic E-state index is -5.08. The summed E-state index contributed by atoms with van der Waals surface area (Å²) >= 11 is 12.2. The lowest BCUT2D eigenvalue weighted by atomic mass is 9.89. The number of nitrogens with zero attached hydrogens (tertiary/aromatic N) is 1. The van der Waals surface area contributed by atoms with E-state index in [0.717, 1.165) is 11.2 Å². The van der Waals surface area contributed by atoms with Gasteiger partial charge in [-0.1, -0.05) is 29.3 Å². The van der Waals surface area contributed by atoms with Gasteiger partial charge in [0.05, 0.1) is 40.6 Å². The van der Waals surface area contributed by atoms with Crippen molar-refractivity contribution >= 4 is 39.2 Å². The van der Waals surface area contributed by atoms with Crippen LogP contribution in [0.15, 0.2) is 58.9 Å². The highest BCUT2D eigenvalue weighted by atomic mass is 35.5. The molecule has 15 heteroatoms. The lowest BCUT2D eigenvalue weighted by Crippen LogP contribution is -2.45. The van der Waals surface area contributed by atoms with E-state index in [-0.39, 0.29) is 48.7 Å². The van der Waals surface area contributed by atoms with Crippen LogP contribution in [0.25, 0.3) is 0 Å². The number of carbonyl (C=O) groups is 1. The lowest BCUT2D eigenvalue weighted by Gasteiger charge is -2.36. The molecule has 1 fully saturated rings. The van der Waals surface area contributed by atoms with E-state index in [1.807, 2.05) is 0 Å². The van der Waals surface area contributed by atoms with Crippen LogP contribution in [0.1, 0.15) is 18.4 Å². The number of allylic oxidation sites excluding steroid dienone is 3. The van der Waals surface area contributed by atoms with Gasteiger partial charge in [-0.25, -0.2) is 0 Å². The first-order valence-electron chi connectivity index (χ1n) is 11.2. The molecule has 0 saturated carbocycles. The van der Waals surface area contributed by atoms with Crippen molar-refractivity contribution in [2.24, 2.45) is 0 Å². The summed E-state index contributed by atoms with van der Waals surface area (Å²) in [5, 5.41) is 0.274. The first-order chi connectivity index (χ1) is 17.9. The van der Waals surface area contributed by atoms with Crippen LogP contribution >= 0.6 is 23.2 Å². The Morgan fingerprint density at radius 1 is 1.13 bits per heavy atom. The maximum Gasteiger partial charge on any atom is 0.423 e. The summed E-state index contributed by atoms with van der Waals surface area (Å²) in [7, 11) is -3.88. The number of rotatable bonds is 6. The molecule has 1 heterocycles. The largest absolute Gasteiger partial charge is 0.423 e. The van der Waals surface area contributed by atoms with E-state index < -0.39 is 57.3 Å². The van der Waals surface area contributed by atoms with Gasteiger partial charge in [-0.05, 0) is 42.3 Å². The van der Waals surface area contributed by atoms with Crippen molar-refractivity contribution in [1.82, 2.24) is 4.90 Å². The van der Waals surface area contributed by atoms with Crippen molar-refractivity contribution in [3.05, 3.63) is 74.5 Å². The molecule has 1 aromatic rings. The van der Waals surface area contributed by atoms with Crippen molar-refractivity contribution in [2.45, 2.75) is 30.8 Å². The molecule has 0 N–H and O–H groups in total. The molecule has 0 spiro atoms. The Hall–Kier alpha value is -2.28. The summed E-state index contributed by atoms with van der Waals surface area (Å²) in [6.45, 7) is -0.852. The smallest absolute Gasteiger partial charge is 0.368 e. The van der Waals surface area contributed by atoms with Crippen LogP contribution in [0.3, 0.4) is 0 Å². The fraction of sp³-hybridized carbons (Fsp3) is 0.417. The van der Waals surface area contributed by atoms with Gasteiger partial charge in [0.2, 0.25) is 0 Å². The molecule has 0 radical (unpaired) electrons. The van der Waals surface area contributed by atoms with Crippen LogP contribution in [0.5, 0.6) is 0 Å². The number of benzene rings is 1. The molecular formula is C24H21Cl2F6NO5S. The monoisotopic (exact) mass is 619 g/mol. The van der Waals surface area contributed by atoms with Crippen LogP contribution in [0, 0.1) is 0 Å². The molecule has 0 unspecified atom stereocenters. The van der Waals surface area contributed by atoms with Crippen molar-refractivity contribution in [3.63, 3.8) is 0 Å². The second-order valence-electron chi connectivity index (χ2n) is 8.73. The summed E-state index contributed by atoms with van der Waals surface area (Å²) in [6, 6.07) is 4.35. The first kappa shape index (κ1) is 31.3. The van der Waals surface area contributed by atoms with E-state index in [2.05, 4.69) is 0 Å². The summed E-state index contributed by atoms with van der Waals surface area (Å²) in [6.07, 6.45) is -8.54. The van der Waals surface area contributed by atoms with Gasteiger partial charge in [0.15, 0.2) is 0 Å². The number of hydrogen-bond donors (Lipinski definition) is 0. The molecule has 214 valence electrons. The number of amides is 1. The van der Waals surface area contributed by atoms with Gasteiger partial charge >= 0.3 is 12.4 Å². The zero-order chi connectivity index (χ0) is 29.2. The van der Waals surface area contributed by atoms with Gasteiger partial charge < -0.3 is 9.64 Å². The van der Waals surface area contributed by atoms with E-state index in [0.29, 0.717) is 17.7 Å². The van der Waals surface area contributed by atoms with Crippen molar-refractivity contribution in [2.75, 3.05) is 32.6 Å². The Balaban J connectivity index is 2.06. The molecule has 0 bridgehead atoms. The first-order valence-corrected chi connectivity index (χ1v) is 13.8. The fourth-order valence-electron chi connectivity index (χ4n) is 3.97. The molecule has 6 nitrogen and oxygen atoms in total. The maximum absolute atomic E-state index is 13.5. The number of ether oxygens (including phenoxy) is 1. The standard InChI is InChI=1S/C24H21Cl2F6NO5S/c1-39(35,36)38-10-7-22(16-5-6-19(25)20(26)13-16)14-33(8-2-9-37-22)21(34)15-11-17(23(27,28)29)3-4-18(12-15)24(30,31)32/h3,5-6,11-13H,2,7-10,14H2,1H3/t22-/m0/s1. The highest BCUT2D eigenvalue weighted by Crippen LogP contribution is 2.38. The molecule has 1 aliphatic heterocycles. The third-order valence-electron chi connectivity index (χ3n) is 5.81. The Bertz CT molecular complexity index is 1360. The summed E-state index contributed by atoms with van der Waals surface area (Å²) < 4.78 is 115. The quantitative estimate of drug-likeness (QED) is 0.226. The van der Waals surface area contributed by atoms with Gasteiger partial charge in [-0.3, -0.25) is 8.98 Å². The Morgan fingerprint density at radius 3 is 2.41 bits per heavy atom. The van der Waals surface area contributed by atoms with Crippen LogP contribution < -0.4 is 0 Å². The van der Waals surface area contributed by atoms with Gasteiger partial charge in [-0.15, -0.1) is 5.73 Å². The van der Waals surface area contributed by atoms with Crippen LogP contribution in [0.4, 0.5) is 26.3 Å². The van der Waals surface area contributed by atoms with Crippen molar-refractivity contribution in [1.29, 1.82) is 0 Å². The Morgan fingerprint density at radius 2 is 1.82 bits per heavy atom. The van der Waals surface area contributed by atoms with E-state index in [1.54, 1.807) is 5.73 Å². The summed E-state index contributed by atoms with van der Waals surface area (Å²) in [5.74, 6) is -1.13. The van der Waals surface area contributed by atoms with Gasteiger partial charge in [0, 0.05) is 25.1 Å². The Labute approximate surface area is 230 Å². The second kappa shape index (κ2) is 11.7. The summed E-state index contributed by atoms with van der Waals surface area (Å²) in [4.78, 5) is 14.5. The highest BCUT2D eigenvalue weighted by Gasteiger charge is 2.41. The minimum absolute atomic E-state index is 0.0147. The molecule has 3 rings (SSSR count).